The second-order valence-corrected chi connectivity index (χ2v) is 6.52. The Labute approximate surface area is 135 Å². The van der Waals surface area contributed by atoms with Gasteiger partial charge in [-0.2, -0.15) is 0 Å². The Hall–Kier alpha value is -1.26. The lowest BCUT2D eigenvalue weighted by Gasteiger charge is -2.36. The summed E-state index contributed by atoms with van der Waals surface area (Å²) in [4.78, 5) is 20.4. The zero-order chi connectivity index (χ0) is 15.8. The predicted octanol–water partition coefficient (Wildman–Crippen LogP) is 2.09. The van der Waals surface area contributed by atoms with E-state index in [0.717, 1.165) is 51.1 Å². The van der Waals surface area contributed by atoms with Gasteiger partial charge >= 0.3 is 0 Å². The molecule has 0 radical (unpaired) electrons. The maximum atomic E-state index is 11.4. The average molecular weight is 308 g/mol. The van der Waals surface area contributed by atoms with Gasteiger partial charge in [-0.1, -0.05) is 25.7 Å². The summed E-state index contributed by atoms with van der Waals surface area (Å²) >= 11 is 0. The molecule has 0 atom stereocenters. The highest BCUT2D eigenvalue weighted by Gasteiger charge is 2.20. The summed E-state index contributed by atoms with van der Waals surface area (Å²) in [5.41, 5.74) is 0. The van der Waals surface area contributed by atoms with Gasteiger partial charge in [0.15, 0.2) is 5.96 Å². The quantitative estimate of drug-likeness (QED) is 0.480. The Morgan fingerprint density at radius 2 is 1.77 bits per heavy atom. The molecule has 2 aliphatic rings. The maximum absolute atomic E-state index is 11.4. The fourth-order valence-corrected chi connectivity index (χ4v) is 3.52. The maximum Gasteiger partial charge on any atom is 0.219 e. The Morgan fingerprint density at radius 3 is 2.36 bits per heavy atom. The molecule has 0 unspecified atom stereocenters. The third-order valence-corrected chi connectivity index (χ3v) is 4.87. The summed E-state index contributed by atoms with van der Waals surface area (Å²) in [5, 5.41) is 3.40. The molecule has 0 spiro atoms. The molecular formula is C17H32N4O. The highest BCUT2D eigenvalue weighted by Crippen LogP contribution is 2.28. The molecule has 1 saturated heterocycles. The van der Waals surface area contributed by atoms with Gasteiger partial charge in [0.05, 0.1) is 0 Å². The zero-order valence-corrected chi connectivity index (χ0v) is 14.3. The first-order valence-corrected chi connectivity index (χ1v) is 8.99. The van der Waals surface area contributed by atoms with Gasteiger partial charge in [0.1, 0.15) is 0 Å². The predicted molar refractivity (Wildman–Crippen MR) is 91.0 cm³/mol. The summed E-state index contributed by atoms with van der Waals surface area (Å²) < 4.78 is 0. The lowest BCUT2D eigenvalue weighted by atomic mass is 10.0. The van der Waals surface area contributed by atoms with Gasteiger partial charge in [-0.25, -0.2) is 0 Å². The second kappa shape index (κ2) is 9.01. The van der Waals surface area contributed by atoms with Crippen LogP contribution in [0.2, 0.25) is 0 Å². The number of rotatable bonds is 5. The molecule has 0 aromatic carbocycles. The Morgan fingerprint density at radius 1 is 1.14 bits per heavy atom. The van der Waals surface area contributed by atoms with Crippen LogP contribution in [0.4, 0.5) is 0 Å². The highest BCUT2D eigenvalue weighted by molar-refractivity contribution is 5.80. The van der Waals surface area contributed by atoms with Gasteiger partial charge in [0.2, 0.25) is 5.91 Å². The van der Waals surface area contributed by atoms with Crippen molar-refractivity contribution in [1.82, 2.24) is 15.1 Å². The van der Waals surface area contributed by atoms with E-state index in [1.54, 1.807) is 6.92 Å². The molecule has 1 N–H and O–H groups in total. The van der Waals surface area contributed by atoms with Crippen LogP contribution in [0.25, 0.3) is 0 Å². The van der Waals surface area contributed by atoms with Crippen LogP contribution in [0.1, 0.15) is 52.4 Å². The largest absolute Gasteiger partial charge is 0.357 e. The lowest BCUT2D eigenvalue weighted by molar-refractivity contribution is -0.130. The molecule has 0 aromatic heterocycles. The van der Waals surface area contributed by atoms with Crippen LogP contribution in [-0.4, -0.2) is 60.9 Å². The van der Waals surface area contributed by atoms with Crippen molar-refractivity contribution in [2.24, 2.45) is 10.9 Å². The number of carbonyl (C=O) groups is 1. The van der Waals surface area contributed by atoms with Crippen molar-refractivity contribution in [3.05, 3.63) is 0 Å². The van der Waals surface area contributed by atoms with Crippen molar-refractivity contribution in [1.29, 1.82) is 0 Å². The minimum Gasteiger partial charge on any atom is -0.357 e. The SMILES string of the molecule is CCNC(=NCCCC1CCCC1)N1CCN(C(C)=O)CC1. The van der Waals surface area contributed by atoms with Gasteiger partial charge in [-0.15, -0.1) is 0 Å². The average Bonchev–Trinajstić information content (AvgIpc) is 3.04. The van der Waals surface area contributed by atoms with E-state index in [4.69, 9.17) is 4.99 Å². The standard InChI is InChI=1S/C17H32N4O/c1-3-18-17(19-10-6-9-16-7-4-5-8-16)21-13-11-20(12-14-21)15(2)22/h16H,3-14H2,1-2H3,(H,18,19). The number of hydrogen-bond donors (Lipinski definition) is 1. The smallest absolute Gasteiger partial charge is 0.219 e. The number of aliphatic imine (C=N–C) groups is 1. The number of guanidine groups is 1. The Kier molecular flexibility index (Phi) is 7.00. The van der Waals surface area contributed by atoms with Crippen molar-refractivity contribution in [3.8, 4) is 0 Å². The molecule has 5 heteroatoms. The molecule has 2 rings (SSSR count). The van der Waals surface area contributed by atoms with Gasteiger partial charge in [0, 0.05) is 46.2 Å². The molecule has 1 heterocycles. The normalized spacial score (nSPS) is 20.5. The molecule has 2 fully saturated rings. The first kappa shape index (κ1) is 17.1. The summed E-state index contributed by atoms with van der Waals surface area (Å²) in [6.07, 6.45) is 8.25. The van der Waals surface area contributed by atoms with E-state index in [0.29, 0.717) is 0 Å². The Balaban J connectivity index is 1.75. The first-order valence-electron chi connectivity index (χ1n) is 8.99. The molecule has 22 heavy (non-hydrogen) atoms. The zero-order valence-electron chi connectivity index (χ0n) is 14.3. The van der Waals surface area contributed by atoms with Gasteiger partial charge in [0.25, 0.3) is 0 Å². The summed E-state index contributed by atoms with van der Waals surface area (Å²) in [5.74, 6) is 2.16. The number of piperazine rings is 1. The van der Waals surface area contributed by atoms with Crippen molar-refractivity contribution in [2.75, 3.05) is 39.3 Å². The molecule has 1 aliphatic heterocycles. The fourth-order valence-electron chi connectivity index (χ4n) is 3.52. The van der Waals surface area contributed by atoms with Crippen molar-refractivity contribution in [3.63, 3.8) is 0 Å². The number of hydrogen-bond acceptors (Lipinski definition) is 2. The Bertz CT molecular complexity index is 369. The summed E-state index contributed by atoms with van der Waals surface area (Å²) in [7, 11) is 0. The van der Waals surface area contributed by atoms with Crippen molar-refractivity contribution in [2.45, 2.75) is 52.4 Å². The van der Waals surface area contributed by atoms with Crippen molar-refractivity contribution < 1.29 is 4.79 Å². The van der Waals surface area contributed by atoms with Crippen LogP contribution in [0, 0.1) is 5.92 Å². The van der Waals surface area contributed by atoms with E-state index in [2.05, 4.69) is 17.1 Å². The van der Waals surface area contributed by atoms with E-state index in [-0.39, 0.29) is 5.91 Å². The number of nitrogens with zero attached hydrogens (tertiary/aromatic N) is 3. The first-order chi connectivity index (χ1) is 10.7. The monoisotopic (exact) mass is 308 g/mol. The molecular weight excluding hydrogens is 276 g/mol. The minimum atomic E-state index is 0.179. The summed E-state index contributed by atoms with van der Waals surface area (Å²) in [6, 6.07) is 0. The topological polar surface area (TPSA) is 47.9 Å². The van der Waals surface area contributed by atoms with Gasteiger partial charge in [-0.3, -0.25) is 9.79 Å². The molecule has 0 aromatic rings. The number of amides is 1. The molecule has 0 bridgehead atoms. The molecule has 1 amide bonds. The number of nitrogens with one attached hydrogen (secondary N) is 1. The van der Waals surface area contributed by atoms with E-state index >= 15 is 0 Å². The number of carbonyl (C=O) groups excluding carboxylic acids is 1. The van der Waals surface area contributed by atoms with Crippen LogP contribution in [-0.2, 0) is 4.79 Å². The lowest BCUT2D eigenvalue weighted by Crippen LogP contribution is -2.53. The van der Waals surface area contributed by atoms with Crippen molar-refractivity contribution >= 4 is 11.9 Å². The van der Waals surface area contributed by atoms with Crippen LogP contribution < -0.4 is 5.32 Å². The van der Waals surface area contributed by atoms with E-state index in [1.807, 2.05) is 4.90 Å². The van der Waals surface area contributed by atoms with Gasteiger partial charge < -0.3 is 15.1 Å². The fraction of sp³-hybridized carbons (Fsp3) is 0.882. The van der Waals surface area contributed by atoms with Crippen LogP contribution in [0.5, 0.6) is 0 Å². The van der Waals surface area contributed by atoms with Gasteiger partial charge in [-0.05, 0) is 25.7 Å². The molecule has 5 nitrogen and oxygen atoms in total. The highest BCUT2D eigenvalue weighted by atomic mass is 16.2. The summed E-state index contributed by atoms with van der Waals surface area (Å²) in [6.45, 7) is 8.96. The third-order valence-electron chi connectivity index (χ3n) is 4.87. The van der Waals surface area contributed by atoms with E-state index in [1.165, 1.54) is 38.5 Å². The minimum absolute atomic E-state index is 0.179. The third kappa shape index (κ3) is 5.18. The van der Waals surface area contributed by atoms with Crippen LogP contribution >= 0.6 is 0 Å². The molecule has 1 aliphatic carbocycles. The molecule has 126 valence electrons. The molecule has 1 saturated carbocycles. The van der Waals surface area contributed by atoms with E-state index in [9.17, 15) is 4.79 Å². The second-order valence-electron chi connectivity index (χ2n) is 6.52. The van der Waals surface area contributed by atoms with E-state index < -0.39 is 0 Å². The van der Waals surface area contributed by atoms with Crippen LogP contribution in [0.3, 0.4) is 0 Å². The van der Waals surface area contributed by atoms with Crippen LogP contribution in [0.15, 0.2) is 4.99 Å².